The van der Waals surface area contributed by atoms with Gasteiger partial charge in [0.2, 0.25) is 18.6 Å². The van der Waals surface area contributed by atoms with Crippen molar-refractivity contribution in [1.29, 1.82) is 0 Å². The molecule has 1 amide bonds. The third kappa shape index (κ3) is 5.08. The van der Waals surface area contributed by atoms with E-state index in [9.17, 15) is 4.79 Å². The molecule has 1 fully saturated rings. The lowest BCUT2D eigenvalue weighted by Gasteiger charge is -2.28. The number of ether oxygens (including phenoxy) is 3. The van der Waals surface area contributed by atoms with Crippen molar-refractivity contribution in [3.8, 4) is 17.2 Å². The van der Waals surface area contributed by atoms with Gasteiger partial charge in [-0.25, -0.2) is 0 Å². The number of aryl methyl sites for hydroxylation is 1. The normalized spacial score (nSPS) is 15.8. The first kappa shape index (κ1) is 23.5. The van der Waals surface area contributed by atoms with E-state index in [1.54, 1.807) is 0 Å². The summed E-state index contributed by atoms with van der Waals surface area (Å²) in [7, 11) is 0. The minimum atomic E-state index is -0.363. The average Bonchev–Trinajstić information content (AvgIpc) is 3.54. The summed E-state index contributed by atoms with van der Waals surface area (Å²) in [6, 6.07) is 14.0. The lowest BCUT2D eigenvalue weighted by molar-refractivity contribution is -0.120. The van der Waals surface area contributed by atoms with Gasteiger partial charge in [0.15, 0.2) is 16.7 Å². The van der Waals surface area contributed by atoms with Crippen LogP contribution >= 0.6 is 11.8 Å². The van der Waals surface area contributed by atoms with Crippen LogP contribution in [-0.2, 0) is 22.5 Å². The third-order valence-electron chi connectivity index (χ3n) is 6.08. The Labute approximate surface area is 208 Å². The van der Waals surface area contributed by atoms with Gasteiger partial charge >= 0.3 is 0 Å². The number of hydrogen-bond donors (Lipinski definition) is 1. The maximum absolute atomic E-state index is 13.0. The summed E-state index contributed by atoms with van der Waals surface area (Å²) in [6.45, 7) is 7.48. The van der Waals surface area contributed by atoms with Crippen LogP contribution in [0.25, 0.3) is 5.69 Å². The van der Waals surface area contributed by atoms with E-state index in [0.717, 1.165) is 42.5 Å². The minimum absolute atomic E-state index is 0.0704. The molecule has 2 aliphatic heterocycles. The number of nitrogens with one attached hydrogen (secondary N) is 1. The number of morpholine rings is 1. The van der Waals surface area contributed by atoms with E-state index >= 15 is 0 Å². The molecule has 9 nitrogen and oxygen atoms in total. The van der Waals surface area contributed by atoms with E-state index in [2.05, 4.69) is 44.0 Å². The van der Waals surface area contributed by atoms with Crippen LogP contribution in [-0.4, -0.2) is 59.0 Å². The zero-order valence-corrected chi connectivity index (χ0v) is 20.7. The number of fused-ring (bicyclic) bond motifs is 1. The highest BCUT2D eigenvalue weighted by Crippen LogP contribution is 2.33. The Morgan fingerprint density at radius 3 is 2.74 bits per heavy atom. The SMILES string of the molecule is CCc1ccccc1-n1c(SC(C)C(=O)NCc2ccc3c(c2)OCO3)nnc1N1CCOCC1. The number of rotatable bonds is 8. The van der Waals surface area contributed by atoms with Gasteiger partial charge in [-0.2, -0.15) is 0 Å². The number of hydrogen-bond acceptors (Lipinski definition) is 8. The predicted octanol–water partition coefficient (Wildman–Crippen LogP) is 3.19. The number of para-hydroxylation sites is 1. The van der Waals surface area contributed by atoms with Crippen LogP contribution in [0.5, 0.6) is 11.5 Å². The molecular formula is C25H29N5O4S. The largest absolute Gasteiger partial charge is 0.454 e. The summed E-state index contributed by atoms with van der Waals surface area (Å²) >= 11 is 1.41. The standard InChI is InChI=1S/C25H29N5O4S/c1-3-19-6-4-5-7-20(19)30-24(29-10-12-32-13-11-29)27-28-25(30)35-17(2)23(31)26-15-18-8-9-21-22(14-18)34-16-33-21/h4-9,14,17H,3,10-13,15-16H2,1-2H3,(H,26,31). The van der Waals surface area contributed by atoms with Gasteiger partial charge in [0.1, 0.15) is 0 Å². The van der Waals surface area contributed by atoms with Crippen LogP contribution in [0, 0.1) is 0 Å². The summed E-state index contributed by atoms with van der Waals surface area (Å²) in [6.07, 6.45) is 0.882. The number of nitrogens with zero attached hydrogens (tertiary/aromatic N) is 4. The van der Waals surface area contributed by atoms with Gasteiger partial charge < -0.3 is 24.4 Å². The average molecular weight is 496 g/mol. The molecule has 3 aromatic rings. The van der Waals surface area contributed by atoms with Gasteiger partial charge in [0.05, 0.1) is 24.2 Å². The van der Waals surface area contributed by atoms with Crippen LogP contribution in [0.1, 0.15) is 25.0 Å². The van der Waals surface area contributed by atoms with E-state index in [0.29, 0.717) is 30.7 Å². The molecule has 0 radical (unpaired) electrons. The van der Waals surface area contributed by atoms with Crippen molar-refractivity contribution in [2.45, 2.75) is 37.2 Å². The molecule has 2 aliphatic rings. The number of carbonyl (C=O) groups excluding carboxylic acids is 1. The molecule has 1 saturated heterocycles. The molecule has 1 aromatic heterocycles. The highest BCUT2D eigenvalue weighted by Gasteiger charge is 2.26. The summed E-state index contributed by atoms with van der Waals surface area (Å²) in [5, 5.41) is 12.4. The number of carbonyl (C=O) groups is 1. The van der Waals surface area contributed by atoms with Gasteiger partial charge in [-0.05, 0) is 42.7 Å². The van der Waals surface area contributed by atoms with E-state index in [4.69, 9.17) is 14.2 Å². The van der Waals surface area contributed by atoms with Crippen LogP contribution in [0.4, 0.5) is 5.95 Å². The second-order valence-corrected chi connectivity index (χ2v) is 9.67. The van der Waals surface area contributed by atoms with Crippen LogP contribution in [0.2, 0.25) is 0 Å². The number of thioether (sulfide) groups is 1. The molecular weight excluding hydrogens is 466 g/mol. The highest BCUT2D eigenvalue weighted by molar-refractivity contribution is 8.00. The zero-order valence-electron chi connectivity index (χ0n) is 19.9. The molecule has 1 N–H and O–H groups in total. The number of aromatic nitrogens is 3. The molecule has 1 atom stereocenters. The topological polar surface area (TPSA) is 90.7 Å². The molecule has 3 heterocycles. The van der Waals surface area contributed by atoms with E-state index < -0.39 is 0 Å². The van der Waals surface area contributed by atoms with Crippen molar-refractivity contribution >= 4 is 23.6 Å². The molecule has 5 rings (SSSR count). The Morgan fingerprint density at radius 1 is 1.11 bits per heavy atom. The van der Waals surface area contributed by atoms with E-state index in [1.165, 1.54) is 17.3 Å². The third-order valence-corrected chi connectivity index (χ3v) is 7.12. The van der Waals surface area contributed by atoms with Gasteiger partial charge in [-0.3, -0.25) is 9.36 Å². The molecule has 0 saturated carbocycles. The Bertz CT molecular complexity index is 1190. The number of benzene rings is 2. The molecule has 0 aliphatic carbocycles. The van der Waals surface area contributed by atoms with Crippen molar-refractivity contribution < 1.29 is 19.0 Å². The van der Waals surface area contributed by atoms with Gasteiger partial charge in [0.25, 0.3) is 0 Å². The first-order valence-electron chi connectivity index (χ1n) is 11.8. The zero-order chi connectivity index (χ0) is 24.2. The van der Waals surface area contributed by atoms with Crippen molar-refractivity contribution in [2.75, 3.05) is 38.0 Å². The van der Waals surface area contributed by atoms with Crippen molar-refractivity contribution in [3.63, 3.8) is 0 Å². The lowest BCUT2D eigenvalue weighted by atomic mass is 10.1. The molecule has 184 valence electrons. The van der Waals surface area contributed by atoms with Crippen LogP contribution in [0.3, 0.4) is 0 Å². The first-order valence-corrected chi connectivity index (χ1v) is 12.7. The van der Waals surface area contributed by atoms with Gasteiger partial charge in [-0.15, -0.1) is 10.2 Å². The molecule has 0 spiro atoms. The maximum Gasteiger partial charge on any atom is 0.233 e. The summed E-state index contributed by atoms with van der Waals surface area (Å²) in [5.41, 5.74) is 3.19. The van der Waals surface area contributed by atoms with Crippen molar-refractivity contribution in [1.82, 2.24) is 20.1 Å². The quantitative estimate of drug-likeness (QED) is 0.477. The summed E-state index contributed by atoms with van der Waals surface area (Å²) < 4.78 is 18.4. The first-order chi connectivity index (χ1) is 17.1. The Kier molecular flexibility index (Phi) is 7.10. The Hall–Kier alpha value is -3.24. The van der Waals surface area contributed by atoms with Crippen molar-refractivity contribution in [3.05, 3.63) is 53.6 Å². The van der Waals surface area contributed by atoms with E-state index in [-0.39, 0.29) is 18.0 Å². The molecule has 35 heavy (non-hydrogen) atoms. The molecule has 0 bridgehead atoms. The number of anilines is 1. The maximum atomic E-state index is 13.0. The second-order valence-electron chi connectivity index (χ2n) is 8.37. The van der Waals surface area contributed by atoms with Crippen molar-refractivity contribution in [2.24, 2.45) is 0 Å². The predicted molar refractivity (Wildman–Crippen MR) is 133 cm³/mol. The number of amides is 1. The highest BCUT2D eigenvalue weighted by atomic mass is 32.2. The Balaban J connectivity index is 1.34. The smallest absolute Gasteiger partial charge is 0.233 e. The van der Waals surface area contributed by atoms with Gasteiger partial charge in [0, 0.05) is 19.6 Å². The van der Waals surface area contributed by atoms with Gasteiger partial charge in [-0.1, -0.05) is 43.0 Å². The fraction of sp³-hybridized carbons (Fsp3) is 0.400. The Morgan fingerprint density at radius 2 is 1.91 bits per heavy atom. The monoisotopic (exact) mass is 495 g/mol. The second kappa shape index (κ2) is 10.6. The molecule has 1 unspecified atom stereocenters. The summed E-state index contributed by atoms with van der Waals surface area (Å²) in [4.78, 5) is 15.2. The fourth-order valence-corrected chi connectivity index (χ4v) is 5.02. The van der Waals surface area contributed by atoms with Crippen LogP contribution in [0.15, 0.2) is 47.6 Å². The molecule has 10 heteroatoms. The lowest BCUT2D eigenvalue weighted by Crippen LogP contribution is -2.38. The molecule has 2 aromatic carbocycles. The fourth-order valence-electron chi connectivity index (χ4n) is 4.14. The minimum Gasteiger partial charge on any atom is -0.454 e. The van der Waals surface area contributed by atoms with E-state index in [1.807, 2.05) is 37.3 Å². The van der Waals surface area contributed by atoms with Crippen LogP contribution < -0.4 is 19.7 Å². The summed E-state index contributed by atoms with van der Waals surface area (Å²) in [5.74, 6) is 2.15.